The van der Waals surface area contributed by atoms with Gasteiger partial charge in [-0.1, -0.05) is 30.3 Å². The van der Waals surface area contributed by atoms with Crippen LogP contribution in [0.1, 0.15) is 12.5 Å². The van der Waals surface area contributed by atoms with Crippen LogP contribution in [0.5, 0.6) is 11.5 Å². The number of hydrogen-bond acceptors (Lipinski definition) is 5. The van der Waals surface area contributed by atoms with E-state index < -0.39 is 6.04 Å². The molecule has 1 atom stereocenters. The van der Waals surface area contributed by atoms with E-state index in [1.807, 2.05) is 42.5 Å². The summed E-state index contributed by atoms with van der Waals surface area (Å²) in [4.78, 5) is 12.3. The van der Waals surface area contributed by atoms with Crippen LogP contribution in [0.25, 0.3) is 10.8 Å². The lowest BCUT2D eigenvalue weighted by atomic mass is 10.1. The van der Waals surface area contributed by atoms with Gasteiger partial charge in [0, 0.05) is 17.3 Å². The van der Waals surface area contributed by atoms with Crippen molar-refractivity contribution < 1.29 is 14.3 Å². The lowest BCUT2D eigenvalue weighted by molar-refractivity contribution is -0.121. The van der Waals surface area contributed by atoms with Crippen LogP contribution >= 0.6 is 0 Å². The van der Waals surface area contributed by atoms with Crippen molar-refractivity contribution in [2.75, 3.05) is 19.5 Å². The van der Waals surface area contributed by atoms with Gasteiger partial charge in [-0.3, -0.25) is 4.79 Å². The van der Waals surface area contributed by atoms with Gasteiger partial charge in [-0.2, -0.15) is 5.10 Å². The van der Waals surface area contributed by atoms with Gasteiger partial charge in [-0.05, 0) is 42.0 Å². The van der Waals surface area contributed by atoms with E-state index in [2.05, 4.69) is 21.9 Å². The van der Waals surface area contributed by atoms with Gasteiger partial charge in [-0.15, -0.1) is 0 Å². The molecule has 3 aromatic rings. The normalized spacial score (nSPS) is 12.0. The summed E-state index contributed by atoms with van der Waals surface area (Å²) in [6.45, 7) is 1.79. The van der Waals surface area contributed by atoms with Gasteiger partial charge in [-0.25, -0.2) is 5.43 Å². The zero-order chi connectivity index (χ0) is 19.9. The van der Waals surface area contributed by atoms with Gasteiger partial charge in [0.05, 0.1) is 20.4 Å². The van der Waals surface area contributed by atoms with Gasteiger partial charge in [0.15, 0.2) is 0 Å². The third kappa shape index (κ3) is 4.59. The highest BCUT2D eigenvalue weighted by Crippen LogP contribution is 2.23. The minimum Gasteiger partial charge on any atom is -0.497 e. The second-order valence-electron chi connectivity index (χ2n) is 6.27. The van der Waals surface area contributed by atoms with Crippen molar-refractivity contribution in [1.82, 2.24) is 5.43 Å². The Bertz CT molecular complexity index is 1000. The Morgan fingerprint density at radius 2 is 1.79 bits per heavy atom. The number of benzene rings is 3. The average molecular weight is 377 g/mol. The lowest BCUT2D eigenvalue weighted by Gasteiger charge is -2.14. The van der Waals surface area contributed by atoms with Gasteiger partial charge in [0.1, 0.15) is 17.5 Å². The maximum atomic E-state index is 12.3. The molecule has 0 saturated heterocycles. The van der Waals surface area contributed by atoms with E-state index in [1.165, 1.54) is 0 Å². The molecule has 2 N–H and O–H groups in total. The molecule has 0 heterocycles. The maximum Gasteiger partial charge on any atom is 0.262 e. The van der Waals surface area contributed by atoms with Crippen LogP contribution in [-0.4, -0.2) is 32.4 Å². The molecule has 28 heavy (non-hydrogen) atoms. The summed E-state index contributed by atoms with van der Waals surface area (Å²) in [7, 11) is 3.16. The highest BCUT2D eigenvalue weighted by atomic mass is 16.5. The summed E-state index contributed by atoms with van der Waals surface area (Å²) in [5.41, 5.74) is 4.16. The van der Waals surface area contributed by atoms with Crippen LogP contribution in [-0.2, 0) is 4.79 Å². The maximum absolute atomic E-state index is 12.3. The van der Waals surface area contributed by atoms with Crippen molar-refractivity contribution in [2.24, 2.45) is 5.10 Å². The standard InChI is InChI=1S/C22H23N3O3/c1-15(24-19-10-8-16-6-4-5-7-17(16)12-19)22(26)25-23-14-18-9-11-20(27-2)13-21(18)28-3/h4-15,24H,1-3H3,(H,25,26)/b23-14+. The average Bonchev–Trinajstić information content (AvgIpc) is 2.73. The van der Waals surface area contributed by atoms with E-state index in [0.29, 0.717) is 11.5 Å². The first kappa shape index (κ1) is 19.2. The number of carbonyl (C=O) groups excluding carboxylic acids is 1. The third-order valence-electron chi connectivity index (χ3n) is 4.34. The van der Waals surface area contributed by atoms with Gasteiger partial charge < -0.3 is 14.8 Å². The zero-order valence-electron chi connectivity index (χ0n) is 16.1. The number of carbonyl (C=O) groups is 1. The van der Waals surface area contributed by atoms with E-state index in [1.54, 1.807) is 39.5 Å². The van der Waals surface area contributed by atoms with Crippen LogP contribution < -0.4 is 20.2 Å². The first-order valence-electron chi connectivity index (χ1n) is 8.91. The number of rotatable bonds is 7. The Hall–Kier alpha value is -3.54. The number of anilines is 1. The van der Waals surface area contributed by atoms with Crippen molar-refractivity contribution in [1.29, 1.82) is 0 Å². The second-order valence-corrected chi connectivity index (χ2v) is 6.27. The first-order chi connectivity index (χ1) is 13.6. The van der Waals surface area contributed by atoms with E-state index in [9.17, 15) is 4.79 Å². The Labute approximate surface area is 164 Å². The summed E-state index contributed by atoms with van der Waals surface area (Å²) in [6, 6.07) is 19.0. The number of ether oxygens (including phenoxy) is 2. The Kier molecular flexibility index (Phi) is 6.11. The summed E-state index contributed by atoms with van der Waals surface area (Å²) in [5, 5.41) is 9.50. The van der Waals surface area contributed by atoms with Crippen LogP contribution in [0.4, 0.5) is 5.69 Å². The third-order valence-corrected chi connectivity index (χ3v) is 4.34. The molecule has 0 aliphatic heterocycles. The molecule has 6 heteroatoms. The van der Waals surface area contributed by atoms with E-state index in [4.69, 9.17) is 9.47 Å². The molecule has 0 aliphatic rings. The van der Waals surface area contributed by atoms with Gasteiger partial charge >= 0.3 is 0 Å². The van der Waals surface area contributed by atoms with Crippen LogP contribution in [0.15, 0.2) is 65.8 Å². The lowest BCUT2D eigenvalue weighted by Crippen LogP contribution is -2.34. The fourth-order valence-electron chi connectivity index (χ4n) is 2.78. The molecular formula is C22H23N3O3. The minimum atomic E-state index is -0.448. The monoisotopic (exact) mass is 377 g/mol. The predicted octanol–water partition coefficient (Wildman–Crippen LogP) is 3.81. The second kappa shape index (κ2) is 8.90. The fourth-order valence-corrected chi connectivity index (χ4v) is 2.78. The highest BCUT2D eigenvalue weighted by molar-refractivity contribution is 5.89. The van der Waals surface area contributed by atoms with E-state index >= 15 is 0 Å². The van der Waals surface area contributed by atoms with Crippen molar-refractivity contribution in [3.8, 4) is 11.5 Å². The van der Waals surface area contributed by atoms with Crippen molar-refractivity contribution >= 4 is 28.6 Å². The van der Waals surface area contributed by atoms with Crippen LogP contribution in [0, 0.1) is 0 Å². The quantitative estimate of drug-likeness (QED) is 0.485. The molecule has 3 aromatic carbocycles. The summed E-state index contributed by atoms with van der Waals surface area (Å²) < 4.78 is 10.5. The zero-order valence-corrected chi connectivity index (χ0v) is 16.1. The molecule has 0 spiro atoms. The first-order valence-corrected chi connectivity index (χ1v) is 8.91. The minimum absolute atomic E-state index is 0.239. The fraction of sp³-hybridized carbons (Fsp3) is 0.182. The number of methoxy groups -OCH3 is 2. The molecule has 0 bridgehead atoms. The summed E-state index contributed by atoms with van der Waals surface area (Å²) >= 11 is 0. The number of amides is 1. The summed E-state index contributed by atoms with van der Waals surface area (Å²) in [6.07, 6.45) is 1.54. The molecule has 0 saturated carbocycles. The molecule has 1 unspecified atom stereocenters. The van der Waals surface area contributed by atoms with E-state index in [-0.39, 0.29) is 5.91 Å². The number of hydrazone groups is 1. The SMILES string of the molecule is COc1ccc(/C=N/NC(=O)C(C)Nc2ccc3ccccc3c2)c(OC)c1. The van der Waals surface area contributed by atoms with Gasteiger partial charge in [0.2, 0.25) is 0 Å². The van der Waals surface area contributed by atoms with Crippen LogP contribution in [0.2, 0.25) is 0 Å². The molecule has 0 aliphatic carbocycles. The predicted molar refractivity (Wildman–Crippen MR) is 112 cm³/mol. The Morgan fingerprint density at radius 3 is 2.54 bits per heavy atom. The molecule has 144 valence electrons. The van der Waals surface area contributed by atoms with Gasteiger partial charge in [0.25, 0.3) is 5.91 Å². The number of hydrogen-bond donors (Lipinski definition) is 2. The smallest absolute Gasteiger partial charge is 0.262 e. The van der Waals surface area contributed by atoms with Crippen LogP contribution in [0.3, 0.4) is 0 Å². The molecule has 0 radical (unpaired) electrons. The molecule has 6 nitrogen and oxygen atoms in total. The Morgan fingerprint density at radius 1 is 1.00 bits per heavy atom. The molecular weight excluding hydrogens is 354 g/mol. The largest absolute Gasteiger partial charge is 0.497 e. The number of nitrogens with zero attached hydrogens (tertiary/aromatic N) is 1. The Balaban J connectivity index is 1.61. The molecule has 1 amide bonds. The molecule has 3 rings (SSSR count). The van der Waals surface area contributed by atoms with Crippen molar-refractivity contribution in [2.45, 2.75) is 13.0 Å². The molecule has 0 fully saturated rings. The molecule has 0 aromatic heterocycles. The number of nitrogens with one attached hydrogen (secondary N) is 2. The van der Waals surface area contributed by atoms with Crippen molar-refractivity contribution in [3.05, 3.63) is 66.2 Å². The van der Waals surface area contributed by atoms with E-state index in [0.717, 1.165) is 22.0 Å². The van der Waals surface area contributed by atoms with Crippen molar-refractivity contribution in [3.63, 3.8) is 0 Å². The number of fused-ring (bicyclic) bond motifs is 1. The highest BCUT2D eigenvalue weighted by Gasteiger charge is 2.12. The topological polar surface area (TPSA) is 72.0 Å². The summed E-state index contributed by atoms with van der Waals surface area (Å²) in [5.74, 6) is 1.06.